The standard InChI is InChI=1S/C18H20N4O4S/c1-12-9-13(2)22(20-12)11-16-7-8-17(26-16)18(23)19-14-5-4-6-15(10-14)21-27(3,24)25/h4-10,21H,11H2,1-3H3,(H,19,23). The Kier molecular flexibility index (Phi) is 5.04. The predicted octanol–water partition coefficient (Wildman–Crippen LogP) is 2.77. The molecular weight excluding hydrogens is 368 g/mol. The highest BCUT2D eigenvalue weighted by atomic mass is 32.2. The smallest absolute Gasteiger partial charge is 0.291 e. The van der Waals surface area contributed by atoms with Gasteiger partial charge in [-0.05, 0) is 50.2 Å². The van der Waals surface area contributed by atoms with E-state index in [2.05, 4.69) is 15.1 Å². The number of anilines is 2. The van der Waals surface area contributed by atoms with E-state index >= 15 is 0 Å². The summed E-state index contributed by atoms with van der Waals surface area (Å²) < 4.78 is 32.4. The Balaban J connectivity index is 1.69. The van der Waals surface area contributed by atoms with Crippen molar-refractivity contribution in [1.82, 2.24) is 9.78 Å². The summed E-state index contributed by atoms with van der Waals surface area (Å²) in [5, 5.41) is 7.05. The number of furan rings is 1. The number of amides is 1. The molecule has 0 saturated carbocycles. The summed E-state index contributed by atoms with van der Waals surface area (Å²) in [6, 6.07) is 11.7. The van der Waals surface area contributed by atoms with Crippen molar-refractivity contribution in [3.05, 3.63) is 65.4 Å². The summed E-state index contributed by atoms with van der Waals surface area (Å²) in [4.78, 5) is 12.4. The molecule has 8 nitrogen and oxygen atoms in total. The highest BCUT2D eigenvalue weighted by molar-refractivity contribution is 7.92. The van der Waals surface area contributed by atoms with E-state index in [9.17, 15) is 13.2 Å². The van der Waals surface area contributed by atoms with Crippen LogP contribution in [0, 0.1) is 13.8 Å². The van der Waals surface area contributed by atoms with Gasteiger partial charge in [0.1, 0.15) is 5.76 Å². The summed E-state index contributed by atoms with van der Waals surface area (Å²) in [5.74, 6) is 0.345. The number of nitrogens with zero attached hydrogens (tertiary/aromatic N) is 2. The van der Waals surface area contributed by atoms with E-state index in [0.717, 1.165) is 17.6 Å². The van der Waals surface area contributed by atoms with Crippen LogP contribution in [0.2, 0.25) is 0 Å². The van der Waals surface area contributed by atoms with E-state index in [1.54, 1.807) is 35.0 Å². The quantitative estimate of drug-likeness (QED) is 0.675. The molecule has 0 aliphatic rings. The van der Waals surface area contributed by atoms with Crippen LogP contribution in [0.25, 0.3) is 0 Å². The fraction of sp³-hybridized carbons (Fsp3) is 0.222. The summed E-state index contributed by atoms with van der Waals surface area (Å²) in [7, 11) is -3.39. The second-order valence-electron chi connectivity index (χ2n) is 6.26. The summed E-state index contributed by atoms with van der Waals surface area (Å²) >= 11 is 0. The highest BCUT2D eigenvalue weighted by Gasteiger charge is 2.13. The number of nitrogens with one attached hydrogen (secondary N) is 2. The van der Waals surface area contributed by atoms with E-state index in [4.69, 9.17) is 4.42 Å². The van der Waals surface area contributed by atoms with Gasteiger partial charge in [0, 0.05) is 11.4 Å². The molecule has 0 aliphatic carbocycles. The van der Waals surface area contributed by atoms with Crippen LogP contribution in [-0.2, 0) is 16.6 Å². The number of hydrogen-bond donors (Lipinski definition) is 2. The third kappa shape index (κ3) is 4.98. The molecule has 0 bridgehead atoms. The molecule has 0 unspecified atom stereocenters. The van der Waals surface area contributed by atoms with Crippen molar-refractivity contribution < 1.29 is 17.6 Å². The largest absolute Gasteiger partial charge is 0.454 e. The van der Waals surface area contributed by atoms with E-state index in [1.165, 1.54) is 6.07 Å². The lowest BCUT2D eigenvalue weighted by molar-refractivity contribution is 0.0994. The van der Waals surface area contributed by atoms with Gasteiger partial charge in [-0.1, -0.05) is 6.07 Å². The molecule has 1 amide bonds. The van der Waals surface area contributed by atoms with Crippen LogP contribution in [-0.4, -0.2) is 30.4 Å². The minimum absolute atomic E-state index is 0.160. The van der Waals surface area contributed by atoms with Crippen LogP contribution in [0.15, 0.2) is 46.9 Å². The van der Waals surface area contributed by atoms with Crippen LogP contribution in [0.1, 0.15) is 27.7 Å². The van der Waals surface area contributed by atoms with Crippen LogP contribution in [0.3, 0.4) is 0 Å². The van der Waals surface area contributed by atoms with Crippen molar-refractivity contribution in [2.75, 3.05) is 16.3 Å². The Morgan fingerprint density at radius 2 is 1.89 bits per heavy atom. The summed E-state index contributed by atoms with van der Waals surface area (Å²) in [6.07, 6.45) is 1.06. The van der Waals surface area contributed by atoms with Crippen molar-refractivity contribution in [3.63, 3.8) is 0 Å². The van der Waals surface area contributed by atoms with Gasteiger partial charge in [0.2, 0.25) is 10.0 Å². The van der Waals surface area contributed by atoms with E-state index < -0.39 is 15.9 Å². The zero-order valence-corrected chi connectivity index (χ0v) is 16.0. The van der Waals surface area contributed by atoms with Gasteiger partial charge in [0.15, 0.2) is 5.76 Å². The van der Waals surface area contributed by atoms with Crippen LogP contribution < -0.4 is 10.0 Å². The average molecular weight is 388 g/mol. The van der Waals surface area contributed by atoms with Crippen molar-refractivity contribution in [2.24, 2.45) is 0 Å². The highest BCUT2D eigenvalue weighted by Crippen LogP contribution is 2.18. The molecule has 3 rings (SSSR count). The first-order chi connectivity index (χ1) is 12.7. The first-order valence-electron chi connectivity index (χ1n) is 8.18. The molecule has 0 radical (unpaired) electrons. The zero-order valence-electron chi connectivity index (χ0n) is 15.2. The second-order valence-corrected chi connectivity index (χ2v) is 8.01. The lowest BCUT2D eigenvalue weighted by atomic mass is 10.3. The third-order valence-electron chi connectivity index (χ3n) is 3.72. The number of hydrogen-bond acceptors (Lipinski definition) is 5. The molecule has 1 aromatic carbocycles. The lowest BCUT2D eigenvalue weighted by Gasteiger charge is -2.07. The van der Waals surface area contributed by atoms with Gasteiger partial charge in [0.05, 0.1) is 24.2 Å². The van der Waals surface area contributed by atoms with Gasteiger partial charge in [-0.2, -0.15) is 5.10 Å². The number of benzene rings is 1. The van der Waals surface area contributed by atoms with E-state index in [-0.39, 0.29) is 5.76 Å². The Morgan fingerprint density at radius 3 is 2.56 bits per heavy atom. The van der Waals surface area contributed by atoms with E-state index in [1.807, 2.05) is 19.9 Å². The molecule has 0 atom stereocenters. The van der Waals surface area contributed by atoms with Crippen molar-refractivity contribution >= 4 is 27.3 Å². The fourth-order valence-corrected chi connectivity index (χ4v) is 3.19. The van der Waals surface area contributed by atoms with Gasteiger partial charge in [-0.15, -0.1) is 0 Å². The number of carbonyl (C=O) groups excluding carboxylic acids is 1. The summed E-state index contributed by atoms with van der Waals surface area (Å²) in [5.41, 5.74) is 2.73. The van der Waals surface area contributed by atoms with Crippen molar-refractivity contribution in [3.8, 4) is 0 Å². The molecule has 142 valence electrons. The third-order valence-corrected chi connectivity index (χ3v) is 4.32. The molecule has 2 heterocycles. The monoisotopic (exact) mass is 388 g/mol. The molecule has 9 heteroatoms. The molecule has 0 saturated heterocycles. The Labute approximate surface area is 157 Å². The average Bonchev–Trinajstić information content (AvgIpc) is 3.13. The Hall–Kier alpha value is -3.07. The van der Waals surface area contributed by atoms with Gasteiger partial charge < -0.3 is 9.73 Å². The fourth-order valence-electron chi connectivity index (χ4n) is 2.63. The lowest BCUT2D eigenvalue weighted by Crippen LogP contribution is -2.12. The summed E-state index contributed by atoms with van der Waals surface area (Å²) in [6.45, 7) is 4.30. The maximum absolute atomic E-state index is 12.4. The topological polar surface area (TPSA) is 106 Å². The number of rotatable bonds is 6. The minimum atomic E-state index is -3.39. The van der Waals surface area contributed by atoms with Gasteiger partial charge in [-0.25, -0.2) is 8.42 Å². The minimum Gasteiger partial charge on any atom is -0.454 e. The normalized spacial score (nSPS) is 11.4. The number of carbonyl (C=O) groups is 1. The van der Waals surface area contributed by atoms with Gasteiger partial charge >= 0.3 is 0 Å². The molecule has 0 fully saturated rings. The van der Waals surface area contributed by atoms with Gasteiger partial charge in [-0.3, -0.25) is 14.2 Å². The van der Waals surface area contributed by atoms with E-state index in [0.29, 0.717) is 23.7 Å². The zero-order chi connectivity index (χ0) is 19.6. The Morgan fingerprint density at radius 1 is 1.15 bits per heavy atom. The second kappa shape index (κ2) is 7.28. The number of aromatic nitrogens is 2. The molecule has 27 heavy (non-hydrogen) atoms. The molecule has 3 aromatic rings. The molecule has 0 spiro atoms. The van der Waals surface area contributed by atoms with Crippen LogP contribution >= 0.6 is 0 Å². The maximum Gasteiger partial charge on any atom is 0.291 e. The Bertz CT molecular complexity index is 1080. The maximum atomic E-state index is 12.4. The first-order valence-corrected chi connectivity index (χ1v) is 10.1. The number of aryl methyl sites for hydroxylation is 2. The molecular formula is C18H20N4O4S. The molecule has 0 aliphatic heterocycles. The molecule has 2 aromatic heterocycles. The SMILES string of the molecule is Cc1cc(C)n(Cc2ccc(C(=O)Nc3cccc(NS(C)(=O)=O)c3)o2)n1. The van der Waals surface area contributed by atoms with Crippen molar-refractivity contribution in [1.29, 1.82) is 0 Å². The van der Waals surface area contributed by atoms with Gasteiger partial charge in [0.25, 0.3) is 5.91 Å². The molecule has 2 N–H and O–H groups in total. The van der Waals surface area contributed by atoms with Crippen LogP contribution in [0.5, 0.6) is 0 Å². The predicted molar refractivity (Wildman–Crippen MR) is 102 cm³/mol. The first kappa shape index (κ1) is 18.7. The van der Waals surface area contributed by atoms with Crippen LogP contribution in [0.4, 0.5) is 11.4 Å². The number of sulfonamides is 1. The van der Waals surface area contributed by atoms with Crippen molar-refractivity contribution in [2.45, 2.75) is 20.4 Å².